The van der Waals surface area contributed by atoms with Gasteiger partial charge in [-0.05, 0) is 48.0 Å². The Labute approximate surface area is 180 Å². The highest BCUT2D eigenvalue weighted by Crippen LogP contribution is 2.33. The van der Waals surface area contributed by atoms with Crippen molar-refractivity contribution >= 4 is 34.7 Å². The Balaban J connectivity index is 1.55. The van der Waals surface area contributed by atoms with Crippen molar-refractivity contribution in [3.63, 3.8) is 0 Å². The molecule has 0 radical (unpaired) electrons. The zero-order valence-corrected chi connectivity index (χ0v) is 16.6. The van der Waals surface area contributed by atoms with Crippen molar-refractivity contribution in [3.8, 4) is 0 Å². The van der Waals surface area contributed by atoms with Gasteiger partial charge in [0, 0.05) is 23.1 Å². The van der Waals surface area contributed by atoms with E-state index >= 15 is 0 Å². The van der Waals surface area contributed by atoms with Gasteiger partial charge in [0.15, 0.2) is 0 Å². The molecule has 1 N–H and O–H groups in total. The lowest BCUT2D eigenvalue weighted by Crippen LogP contribution is -2.09. The topological polar surface area (TPSA) is 70.8 Å². The first kappa shape index (κ1) is 19.8. The molecule has 0 aliphatic rings. The van der Waals surface area contributed by atoms with Gasteiger partial charge in [-0.3, -0.25) is 15.5 Å². The van der Waals surface area contributed by atoms with Crippen LogP contribution in [-0.2, 0) is 0 Å². The first-order valence-corrected chi connectivity index (χ1v) is 9.75. The minimum Gasteiger partial charge on any atom is -0.311 e. The van der Waals surface area contributed by atoms with Gasteiger partial charge in [0.1, 0.15) is 5.69 Å². The fraction of sp³-hybridized carbons (Fsp3) is 0. The molecule has 31 heavy (non-hydrogen) atoms. The molecule has 0 aliphatic carbocycles. The molecule has 6 heteroatoms. The summed E-state index contributed by atoms with van der Waals surface area (Å²) in [6.45, 7) is 0. The highest BCUT2D eigenvalue weighted by atomic mass is 16.6. The molecule has 6 nitrogen and oxygen atoms in total. The van der Waals surface area contributed by atoms with Crippen LogP contribution in [0.3, 0.4) is 0 Å². The maximum Gasteiger partial charge on any atom is 0.294 e. The number of hydrogen-bond donors (Lipinski definition) is 1. The Morgan fingerprint density at radius 1 is 0.710 bits per heavy atom. The zero-order chi connectivity index (χ0) is 21.5. The average Bonchev–Trinajstić information content (AvgIpc) is 2.82. The molecule has 0 fully saturated rings. The van der Waals surface area contributed by atoms with E-state index in [-0.39, 0.29) is 5.69 Å². The second kappa shape index (κ2) is 9.37. The van der Waals surface area contributed by atoms with Crippen molar-refractivity contribution in [2.24, 2.45) is 5.10 Å². The summed E-state index contributed by atoms with van der Waals surface area (Å²) in [5.74, 6) is 0. The van der Waals surface area contributed by atoms with E-state index in [4.69, 9.17) is 0 Å². The molecule has 0 saturated carbocycles. The van der Waals surface area contributed by atoms with Gasteiger partial charge in [-0.25, -0.2) is 0 Å². The molecule has 0 aromatic heterocycles. The summed E-state index contributed by atoms with van der Waals surface area (Å²) in [5.41, 5.74) is 7.09. The number of para-hydroxylation sites is 4. The van der Waals surface area contributed by atoms with Gasteiger partial charge in [-0.15, -0.1) is 0 Å². The predicted octanol–water partition coefficient (Wildman–Crippen LogP) is 6.51. The van der Waals surface area contributed by atoms with E-state index in [1.54, 1.807) is 24.4 Å². The Bertz CT molecular complexity index is 1140. The van der Waals surface area contributed by atoms with Crippen molar-refractivity contribution in [2.75, 3.05) is 10.3 Å². The van der Waals surface area contributed by atoms with Crippen LogP contribution in [0.5, 0.6) is 0 Å². The molecule has 0 saturated heterocycles. The maximum absolute atomic E-state index is 11.1. The first-order valence-electron chi connectivity index (χ1n) is 9.75. The zero-order valence-electron chi connectivity index (χ0n) is 16.6. The summed E-state index contributed by atoms with van der Waals surface area (Å²) in [5, 5.41) is 15.3. The van der Waals surface area contributed by atoms with Crippen LogP contribution in [0, 0.1) is 10.1 Å². The van der Waals surface area contributed by atoms with Crippen LogP contribution in [0.1, 0.15) is 5.56 Å². The van der Waals surface area contributed by atoms with Crippen LogP contribution < -0.4 is 10.3 Å². The molecule has 0 heterocycles. The molecule has 0 amide bonds. The van der Waals surface area contributed by atoms with Crippen LogP contribution in [0.25, 0.3) is 0 Å². The fourth-order valence-corrected chi connectivity index (χ4v) is 3.21. The number of nitrogens with zero attached hydrogens (tertiary/aromatic N) is 3. The third-order valence-electron chi connectivity index (χ3n) is 4.68. The van der Waals surface area contributed by atoms with Crippen molar-refractivity contribution in [3.05, 3.63) is 125 Å². The largest absolute Gasteiger partial charge is 0.311 e. The lowest BCUT2D eigenvalue weighted by atomic mass is 10.1. The SMILES string of the molecule is O=[N+]([O-])c1ccccc1N/N=C\c1ccc(N(c2ccccc2)c2ccccc2)cc1. The molecule has 0 unspecified atom stereocenters. The Morgan fingerprint density at radius 2 is 1.23 bits per heavy atom. The lowest BCUT2D eigenvalue weighted by Gasteiger charge is -2.25. The summed E-state index contributed by atoms with van der Waals surface area (Å²) >= 11 is 0. The number of anilines is 4. The average molecular weight is 408 g/mol. The van der Waals surface area contributed by atoms with Gasteiger partial charge >= 0.3 is 0 Å². The van der Waals surface area contributed by atoms with E-state index in [0.29, 0.717) is 5.69 Å². The van der Waals surface area contributed by atoms with E-state index in [1.807, 2.05) is 60.7 Å². The monoisotopic (exact) mass is 408 g/mol. The van der Waals surface area contributed by atoms with Crippen molar-refractivity contribution in [2.45, 2.75) is 0 Å². The van der Waals surface area contributed by atoms with Crippen LogP contribution in [0.4, 0.5) is 28.4 Å². The third kappa shape index (κ3) is 4.76. The van der Waals surface area contributed by atoms with E-state index in [2.05, 4.69) is 39.7 Å². The van der Waals surface area contributed by atoms with Gasteiger partial charge in [0.05, 0.1) is 11.1 Å². The molecule has 0 spiro atoms. The van der Waals surface area contributed by atoms with Crippen molar-refractivity contribution < 1.29 is 4.92 Å². The highest BCUT2D eigenvalue weighted by Gasteiger charge is 2.12. The van der Waals surface area contributed by atoms with Gasteiger partial charge in [-0.2, -0.15) is 5.10 Å². The number of benzene rings is 4. The number of hydrogen-bond acceptors (Lipinski definition) is 5. The fourth-order valence-electron chi connectivity index (χ4n) is 3.21. The molecule has 0 bridgehead atoms. The predicted molar refractivity (Wildman–Crippen MR) is 125 cm³/mol. The van der Waals surface area contributed by atoms with Gasteiger partial charge in [0.25, 0.3) is 5.69 Å². The summed E-state index contributed by atoms with van der Waals surface area (Å²) < 4.78 is 0. The normalized spacial score (nSPS) is 10.7. The molecular weight excluding hydrogens is 388 g/mol. The van der Waals surface area contributed by atoms with Gasteiger partial charge < -0.3 is 4.90 Å². The summed E-state index contributed by atoms with van der Waals surface area (Å²) in [4.78, 5) is 12.8. The molecule has 4 aromatic carbocycles. The van der Waals surface area contributed by atoms with Crippen molar-refractivity contribution in [1.29, 1.82) is 0 Å². The van der Waals surface area contributed by atoms with Gasteiger partial charge in [-0.1, -0.05) is 60.7 Å². The molecule has 0 aliphatic heterocycles. The molecule has 152 valence electrons. The van der Waals surface area contributed by atoms with Crippen LogP contribution in [0.15, 0.2) is 114 Å². The Kier molecular flexibility index (Phi) is 6.00. The van der Waals surface area contributed by atoms with E-state index < -0.39 is 4.92 Å². The summed E-state index contributed by atoms with van der Waals surface area (Å²) in [6, 6.07) is 34.7. The number of hydrazone groups is 1. The highest BCUT2D eigenvalue weighted by molar-refractivity contribution is 5.83. The first-order chi connectivity index (χ1) is 15.2. The quantitative estimate of drug-likeness (QED) is 0.215. The van der Waals surface area contributed by atoms with E-state index in [0.717, 1.165) is 22.6 Å². The molecular formula is C25H20N4O2. The molecule has 0 atom stereocenters. The smallest absolute Gasteiger partial charge is 0.294 e. The molecule has 4 aromatic rings. The standard InChI is InChI=1S/C25H20N4O2/c30-29(31)25-14-8-7-13-24(25)27-26-19-20-15-17-23(18-16-20)28(21-9-3-1-4-10-21)22-11-5-2-6-12-22/h1-19,27H/b26-19-. The number of nitrogens with one attached hydrogen (secondary N) is 1. The summed E-state index contributed by atoms with van der Waals surface area (Å²) in [6.07, 6.45) is 1.63. The molecule has 4 rings (SSSR count). The van der Waals surface area contributed by atoms with E-state index in [1.165, 1.54) is 6.07 Å². The second-order valence-electron chi connectivity index (χ2n) is 6.74. The Hall–Kier alpha value is -4.45. The number of rotatable bonds is 7. The van der Waals surface area contributed by atoms with Gasteiger partial charge in [0.2, 0.25) is 0 Å². The van der Waals surface area contributed by atoms with Crippen LogP contribution >= 0.6 is 0 Å². The van der Waals surface area contributed by atoms with E-state index in [9.17, 15) is 10.1 Å². The summed E-state index contributed by atoms with van der Waals surface area (Å²) in [7, 11) is 0. The lowest BCUT2D eigenvalue weighted by molar-refractivity contribution is -0.384. The maximum atomic E-state index is 11.1. The van der Waals surface area contributed by atoms with Crippen LogP contribution in [0.2, 0.25) is 0 Å². The second-order valence-corrected chi connectivity index (χ2v) is 6.74. The number of nitro benzene ring substituents is 1. The minimum atomic E-state index is -0.436. The van der Waals surface area contributed by atoms with Crippen LogP contribution in [-0.4, -0.2) is 11.1 Å². The minimum absolute atomic E-state index is 0.0173. The van der Waals surface area contributed by atoms with Crippen molar-refractivity contribution in [1.82, 2.24) is 0 Å². The third-order valence-corrected chi connectivity index (χ3v) is 4.68. The Morgan fingerprint density at radius 3 is 1.81 bits per heavy atom. The number of nitro groups is 1.